The van der Waals surface area contributed by atoms with E-state index in [0.29, 0.717) is 24.3 Å². The molecule has 2 aromatic rings. The summed E-state index contributed by atoms with van der Waals surface area (Å²) in [5.41, 5.74) is 3.27. The summed E-state index contributed by atoms with van der Waals surface area (Å²) < 4.78 is 5.52. The molecule has 0 spiro atoms. The van der Waals surface area contributed by atoms with Crippen LogP contribution in [0.1, 0.15) is 83.2 Å². The summed E-state index contributed by atoms with van der Waals surface area (Å²) in [6.45, 7) is 15.0. The van der Waals surface area contributed by atoms with Crippen molar-refractivity contribution in [3.05, 3.63) is 70.3 Å². The zero-order valence-electron chi connectivity index (χ0n) is 21.7. The zero-order chi connectivity index (χ0) is 25.4. The van der Waals surface area contributed by atoms with Gasteiger partial charge in [0.15, 0.2) is 0 Å². The fourth-order valence-electron chi connectivity index (χ4n) is 4.37. The molecular weight excluding hydrogens is 426 g/mol. The minimum absolute atomic E-state index is 0.0233. The van der Waals surface area contributed by atoms with Crippen LogP contribution in [-0.2, 0) is 20.4 Å². The molecule has 0 saturated carbocycles. The maximum Gasteiger partial charge on any atom is 0.295 e. The van der Waals surface area contributed by atoms with Gasteiger partial charge in [-0.05, 0) is 46.1 Å². The number of rotatable bonds is 5. The van der Waals surface area contributed by atoms with Gasteiger partial charge in [0.25, 0.3) is 11.7 Å². The van der Waals surface area contributed by atoms with Crippen molar-refractivity contribution in [2.75, 3.05) is 13.7 Å². The van der Waals surface area contributed by atoms with Gasteiger partial charge in [0.05, 0.1) is 24.3 Å². The monoisotopic (exact) mass is 463 g/mol. The Hall–Kier alpha value is -3.08. The van der Waals surface area contributed by atoms with Crippen LogP contribution in [0.25, 0.3) is 5.76 Å². The van der Waals surface area contributed by atoms with Crippen LogP contribution in [0.4, 0.5) is 0 Å². The van der Waals surface area contributed by atoms with Crippen molar-refractivity contribution in [1.29, 1.82) is 0 Å². The standard InChI is InChI=1S/C29H37NO4/c1-9-16-30-24(18-10-12-19(13-11-18)28(2,3)4)23(26(32)27(30)33)25(31)21-17-20(29(5,6)7)14-15-22(21)34-8/h10-15,17,24,31H,9,16H2,1-8H3/b25-23+. The first kappa shape index (κ1) is 25.5. The smallest absolute Gasteiger partial charge is 0.295 e. The van der Waals surface area contributed by atoms with Gasteiger partial charge in [-0.3, -0.25) is 9.59 Å². The Balaban J connectivity index is 2.25. The number of ether oxygens (including phenoxy) is 1. The van der Waals surface area contributed by atoms with Crippen LogP contribution >= 0.6 is 0 Å². The second-order valence-corrected chi connectivity index (χ2v) is 11.0. The fraction of sp³-hybridized carbons (Fsp3) is 0.448. The number of aliphatic hydroxyl groups excluding tert-OH is 1. The molecule has 1 fully saturated rings. The van der Waals surface area contributed by atoms with Crippen molar-refractivity contribution in [2.45, 2.75) is 71.8 Å². The summed E-state index contributed by atoms with van der Waals surface area (Å²) in [6.07, 6.45) is 0.701. The van der Waals surface area contributed by atoms with Crippen LogP contribution in [0.15, 0.2) is 48.0 Å². The molecule has 182 valence electrons. The molecule has 1 amide bonds. The van der Waals surface area contributed by atoms with Gasteiger partial charge in [0.2, 0.25) is 0 Å². The summed E-state index contributed by atoms with van der Waals surface area (Å²) in [4.78, 5) is 27.8. The highest BCUT2D eigenvalue weighted by atomic mass is 16.5. The third-order valence-electron chi connectivity index (χ3n) is 6.42. The molecule has 2 aromatic carbocycles. The van der Waals surface area contributed by atoms with E-state index in [2.05, 4.69) is 41.5 Å². The maximum absolute atomic E-state index is 13.2. The highest BCUT2D eigenvalue weighted by Crippen LogP contribution is 2.42. The van der Waals surface area contributed by atoms with Gasteiger partial charge in [-0.25, -0.2) is 0 Å². The van der Waals surface area contributed by atoms with Crippen molar-refractivity contribution >= 4 is 17.4 Å². The Bertz CT molecular complexity index is 1110. The van der Waals surface area contributed by atoms with Crippen LogP contribution < -0.4 is 4.74 Å². The topological polar surface area (TPSA) is 66.8 Å². The molecule has 5 nitrogen and oxygen atoms in total. The number of carbonyl (C=O) groups excluding carboxylic acids is 2. The van der Waals surface area contributed by atoms with E-state index in [4.69, 9.17) is 4.74 Å². The summed E-state index contributed by atoms with van der Waals surface area (Å²) in [6, 6.07) is 12.9. The number of nitrogens with zero attached hydrogens (tertiary/aromatic N) is 1. The zero-order valence-corrected chi connectivity index (χ0v) is 21.7. The van der Waals surface area contributed by atoms with Gasteiger partial charge >= 0.3 is 0 Å². The lowest BCUT2D eigenvalue weighted by atomic mass is 9.84. The fourth-order valence-corrected chi connectivity index (χ4v) is 4.37. The molecule has 0 aromatic heterocycles. The Morgan fingerprint density at radius 3 is 2.00 bits per heavy atom. The minimum Gasteiger partial charge on any atom is -0.507 e. The van der Waals surface area contributed by atoms with Gasteiger partial charge in [0.1, 0.15) is 11.5 Å². The van der Waals surface area contributed by atoms with Gasteiger partial charge in [0, 0.05) is 6.54 Å². The summed E-state index contributed by atoms with van der Waals surface area (Å²) in [5, 5.41) is 11.5. The molecule has 0 radical (unpaired) electrons. The lowest BCUT2D eigenvalue weighted by Crippen LogP contribution is -2.30. The molecule has 0 aliphatic carbocycles. The van der Waals surface area contributed by atoms with Crippen molar-refractivity contribution in [1.82, 2.24) is 4.90 Å². The third-order valence-corrected chi connectivity index (χ3v) is 6.42. The van der Waals surface area contributed by atoms with Crippen molar-refractivity contribution < 1.29 is 19.4 Å². The van der Waals surface area contributed by atoms with Gasteiger partial charge in [-0.1, -0.05) is 78.8 Å². The number of amides is 1. The van der Waals surface area contributed by atoms with Crippen LogP contribution in [0.5, 0.6) is 5.75 Å². The second kappa shape index (κ2) is 9.28. The number of hydrogen-bond acceptors (Lipinski definition) is 4. The summed E-state index contributed by atoms with van der Waals surface area (Å²) in [5.74, 6) is -1.00. The number of likely N-dealkylation sites (tertiary alicyclic amines) is 1. The Morgan fingerprint density at radius 1 is 0.941 bits per heavy atom. The average molecular weight is 464 g/mol. The van der Waals surface area contributed by atoms with Crippen molar-refractivity contribution in [3.63, 3.8) is 0 Å². The highest BCUT2D eigenvalue weighted by molar-refractivity contribution is 6.46. The quantitative estimate of drug-likeness (QED) is 0.329. The van der Waals surface area contributed by atoms with E-state index >= 15 is 0 Å². The second-order valence-electron chi connectivity index (χ2n) is 11.0. The lowest BCUT2D eigenvalue weighted by Gasteiger charge is -2.26. The van der Waals surface area contributed by atoms with Gasteiger partial charge in [-0.15, -0.1) is 0 Å². The van der Waals surface area contributed by atoms with Crippen LogP contribution in [0.3, 0.4) is 0 Å². The molecule has 3 rings (SSSR count). The molecule has 1 aliphatic rings. The number of carbonyl (C=O) groups is 2. The third kappa shape index (κ3) is 4.75. The number of hydrogen-bond donors (Lipinski definition) is 1. The number of Topliss-reactive ketones (excluding diaryl/α,β-unsaturated/α-hetero) is 1. The number of ketones is 1. The van der Waals surface area contributed by atoms with E-state index in [0.717, 1.165) is 16.7 Å². The van der Waals surface area contributed by atoms with E-state index in [1.54, 1.807) is 11.0 Å². The molecule has 1 atom stereocenters. The molecule has 1 N–H and O–H groups in total. The first-order valence-corrected chi connectivity index (χ1v) is 11.9. The van der Waals surface area contributed by atoms with E-state index < -0.39 is 17.7 Å². The first-order valence-electron chi connectivity index (χ1n) is 11.9. The van der Waals surface area contributed by atoms with Crippen LogP contribution in [0, 0.1) is 0 Å². The molecule has 1 aliphatic heterocycles. The van der Waals surface area contributed by atoms with Gasteiger partial charge < -0.3 is 14.7 Å². The minimum atomic E-state index is -0.668. The highest BCUT2D eigenvalue weighted by Gasteiger charge is 2.46. The first-order chi connectivity index (χ1) is 15.8. The van der Waals surface area contributed by atoms with E-state index in [-0.39, 0.29) is 22.2 Å². The molecule has 34 heavy (non-hydrogen) atoms. The molecular formula is C29H37NO4. The predicted octanol–water partition coefficient (Wildman–Crippen LogP) is 6.12. The maximum atomic E-state index is 13.2. The molecule has 1 unspecified atom stereocenters. The van der Waals surface area contributed by atoms with E-state index in [1.165, 1.54) is 7.11 Å². The van der Waals surface area contributed by atoms with Gasteiger partial charge in [-0.2, -0.15) is 0 Å². The summed E-state index contributed by atoms with van der Waals surface area (Å²) >= 11 is 0. The number of benzene rings is 2. The predicted molar refractivity (Wildman–Crippen MR) is 136 cm³/mol. The van der Waals surface area contributed by atoms with E-state index in [1.807, 2.05) is 43.3 Å². The Morgan fingerprint density at radius 2 is 1.50 bits per heavy atom. The van der Waals surface area contributed by atoms with Crippen LogP contribution in [0.2, 0.25) is 0 Å². The largest absolute Gasteiger partial charge is 0.507 e. The van der Waals surface area contributed by atoms with Crippen molar-refractivity contribution in [2.24, 2.45) is 0 Å². The molecule has 0 bridgehead atoms. The van der Waals surface area contributed by atoms with Crippen molar-refractivity contribution in [3.8, 4) is 5.75 Å². The lowest BCUT2D eigenvalue weighted by molar-refractivity contribution is -0.139. The average Bonchev–Trinajstić information content (AvgIpc) is 3.02. The SMILES string of the molecule is CCCN1C(=O)C(=O)/C(=C(/O)c2cc(C(C)(C)C)ccc2OC)C1c1ccc(C(C)(C)C)cc1. The molecule has 1 saturated heterocycles. The molecule has 5 heteroatoms. The molecule has 1 heterocycles. The number of methoxy groups -OCH3 is 1. The summed E-state index contributed by atoms with van der Waals surface area (Å²) in [7, 11) is 1.53. The number of aliphatic hydroxyl groups is 1. The van der Waals surface area contributed by atoms with E-state index in [9.17, 15) is 14.7 Å². The Labute approximate surface area is 203 Å². The Kier molecular flexibility index (Phi) is 6.97. The van der Waals surface area contributed by atoms with Crippen LogP contribution in [-0.4, -0.2) is 35.4 Å². The normalized spacial score (nSPS) is 18.5.